The van der Waals surface area contributed by atoms with E-state index in [0.717, 1.165) is 0 Å². The Morgan fingerprint density at radius 3 is 2.53 bits per heavy atom. The zero-order chi connectivity index (χ0) is 11.4. The Hall–Kier alpha value is -1.95. The number of carbonyl (C=O) groups excluding carboxylic acids is 2. The molecule has 0 spiro atoms. The van der Waals surface area contributed by atoms with E-state index in [1.54, 1.807) is 18.4 Å². The lowest BCUT2D eigenvalue weighted by atomic mass is 10.2. The van der Waals surface area contributed by atoms with Crippen LogP contribution in [0.5, 0.6) is 0 Å². The summed E-state index contributed by atoms with van der Waals surface area (Å²) < 4.78 is 13.2. The fourth-order valence-corrected chi connectivity index (χ4v) is 0.966. The van der Waals surface area contributed by atoms with E-state index in [2.05, 4.69) is 5.32 Å². The Labute approximate surface area is 85.4 Å². The zero-order valence-electron chi connectivity index (χ0n) is 8.00. The molecule has 1 aromatic carbocycles. The Morgan fingerprint density at radius 1 is 1.33 bits per heavy atom. The first-order chi connectivity index (χ1) is 7.04. The van der Waals surface area contributed by atoms with Gasteiger partial charge < -0.3 is 5.32 Å². The number of nitrogens with one attached hydrogen (secondary N) is 2. The van der Waals surface area contributed by atoms with Crippen LogP contribution in [0.15, 0.2) is 18.2 Å². The standard InChI is InChI=1S/C9H10FN3O2/c1-5-2-3-7(6(10)4-5)12-8(14)9(15)13-11/h2-4H,11H2,1H3,(H,12,14)(H,13,15). The minimum atomic E-state index is -1.03. The molecule has 0 radical (unpaired) electrons. The first kappa shape index (κ1) is 11.1. The number of rotatable bonds is 1. The first-order valence-corrected chi connectivity index (χ1v) is 4.12. The number of hydrogen-bond donors (Lipinski definition) is 3. The SMILES string of the molecule is Cc1ccc(NC(=O)C(=O)NN)c(F)c1. The molecule has 4 N–H and O–H groups in total. The van der Waals surface area contributed by atoms with Crippen LogP contribution in [0.1, 0.15) is 5.56 Å². The maximum absolute atomic E-state index is 13.2. The van der Waals surface area contributed by atoms with Crippen molar-refractivity contribution in [2.24, 2.45) is 5.84 Å². The smallest absolute Gasteiger partial charge is 0.315 e. The van der Waals surface area contributed by atoms with Crippen LogP contribution in [0.3, 0.4) is 0 Å². The van der Waals surface area contributed by atoms with Crippen LogP contribution in [-0.4, -0.2) is 11.8 Å². The maximum Gasteiger partial charge on any atom is 0.323 e. The molecule has 0 atom stereocenters. The molecule has 0 saturated heterocycles. The van der Waals surface area contributed by atoms with Gasteiger partial charge in [-0.25, -0.2) is 10.2 Å². The summed E-state index contributed by atoms with van der Waals surface area (Å²) in [6.07, 6.45) is 0. The highest BCUT2D eigenvalue weighted by Crippen LogP contribution is 2.14. The van der Waals surface area contributed by atoms with Crippen molar-refractivity contribution in [3.8, 4) is 0 Å². The van der Waals surface area contributed by atoms with E-state index in [1.165, 1.54) is 12.1 Å². The van der Waals surface area contributed by atoms with Crippen molar-refractivity contribution in [2.45, 2.75) is 6.92 Å². The van der Waals surface area contributed by atoms with E-state index in [1.807, 2.05) is 0 Å². The Balaban J connectivity index is 2.81. The number of anilines is 1. The van der Waals surface area contributed by atoms with Gasteiger partial charge >= 0.3 is 11.8 Å². The molecule has 1 aromatic rings. The molecule has 6 heteroatoms. The number of amides is 2. The van der Waals surface area contributed by atoms with Crippen molar-refractivity contribution in [1.82, 2.24) is 5.43 Å². The summed E-state index contributed by atoms with van der Waals surface area (Å²) in [5.41, 5.74) is 2.30. The van der Waals surface area contributed by atoms with Gasteiger partial charge in [-0.3, -0.25) is 15.0 Å². The van der Waals surface area contributed by atoms with Crippen LogP contribution >= 0.6 is 0 Å². The summed E-state index contributed by atoms with van der Waals surface area (Å²) in [6, 6.07) is 4.22. The van der Waals surface area contributed by atoms with Gasteiger partial charge in [0.05, 0.1) is 5.69 Å². The second kappa shape index (κ2) is 4.52. The van der Waals surface area contributed by atoms with Gasteiger partial charge in [0.1, 0.15) is 5.82 Å². The largest absolute Gasteiger partial charge is 0.323 e. The number of carbonyl (C=O) groups is 2. The predicted octanol–water partition coefficient (Wildman–Crippen LogP) is 0.0625. The monoisotopic (exact) mass is 211 g/mol. The van der Waals surface area contributed by atoms with Gasteiger partial charge in [0, 0.05) is 0 Å². The second-order valence-electron chi connectivity index (χ2n) is 2.91. The maximum atomic E-state index is 13.2. The summed E-state index contributed by atoms with van der Waals surface area (Å²) in [7, 11) is 0. The summed E-state index contributed by atoms with van der Waals surface area (Å²) in [4.78, 5) is 21.7. The molecule has 0 aromatic heterocycles. The van der Waals surface area contributed by atoms with Crippen molar-refractivity contribution in [3.05, 3.63) is 29.6 Å². The lowest BCUT2D eigenvalue weighted by molar-refractivity contribution is -0.136. The molecule has 0 aliphatic rings. The molecule has 15 heavy (non-hydrogen) atoms. The highest BCUT2D eigenvalue weighted by molar-refractivity contribution is 6.39. The molecule has 0 aliphatic carbocycles. The number of nitrogens with two attached hydrogens (primary N) is 1. The molecule has 2 amide bonds. The molecular weight excluding hydrogens is 201 g/mol. The fourth-order valence-electron chi connectivity index (χ4n) is 0.966. The summed E-state index contributed by atoms with van der Waals surface area (Å²) in [5.74, 6) is 2.09. The van der Waals surface area contributed by atoms with Gasteiger partial charge in [0.25, 0.3) is 0 Å². The first-order valence-electron chi connectivity index (χ1n) is 4.12. The summed E-state index contributed by atoms with van der Waals surface area (Å²) >= 11 is 0. The van der Waals surface area contributed by atoms with E-state index in [9.17, 15) is 14.0 Å². The second-order valence-corrected chi connectivity index (χ2v) is 2.91. The van der Waals surface area contributed by atoms with Gasteiger partial charge in [-0.15, -0.1) is 0 Å². The van der Waals surface area contributed by atoms with Crippen LogP contribution in [0.2, 0.25) is 0 Å². The van der Waals surface area contributed by atoms with E-state index in [0.29, 0.717) is 5.56 Å². The van der Waals surface area contributed by atoms with E-state index in [4.69, 9.17) is 5.84 Å². The van der Waals surface area contributed by atoms with Gasteiger partial charge in [0.15, 0.2) is 0 Å². The van der Waals surface area contributed by atoms with E-state index in [-0.39, 0.29) is 5.69 Å². The van der Waals surface area contributed by atoms with Crippen molar-refractivity contribution >= 4 is 17.5 Å². The topological polar surface area (TPSA) is 84.2 Å². The third-order valence-corrected chi connectivity index (χ3v) is 1.71. The third-order valence-electron chi connectivity index (χ3n) is 1.71. The number of hydrazine groups is 1. The lowest BCUT2D eigenvalue weighted by Gasteiger charge is -2.05. The van der Waals surface area contributed by atoms with Crippen LogP contribution in [0.25, 0.3) is 0 Å². The van der Waals surface area contributed by atoms with Crippen LogP contribution in [0, 0.1) is 12.7 Å². The zero-order valence-corrected chi connectivity index (χ0v) is 8.00. The Kier molecular flexibility index (Phi) is 3.35. The van der Waals surface area contributed by atoms with E-state index < -0.39 is 17.6 Å². The van der Waals surface area contributed by atoms with Gasteiger partial charge in [-0.05, 0) is 24.6 Å². The fraction of sp³-hybridized carbons (Fsp3) is 0.111. The molecule has 0 fully saturated rings. The Morgan fingerprint density at radius 2 is 2.00 bits per heavy atom. The minimum Gasteiger partial charge on any atom is -0.315 e. The highest BCUT2D eigenvalue weighted by atomic mass is 19.1. The molecule has 0 bridgehead atoms. The molecule has 0 saturated carbocycles. The van der Waals surface area contributed by atoms with E-state index >= 15 is 0 Å². The average molecular weight is 211 g/mol. The van der Waals surface area contributed by atoms with Crippen LogP contribution in [-0.2, 0) is 9.59 Å². The molecule has 80 valence electrons. The number of aryl methyl sites for hydroxylation is 1. The number of hydrogen-bond acceptors (Lipinski definition) is 3. The molecule has 0 aliphatic heterocycles. The predicted molar refractivity (Wildman–Crippen MR) is 52.1 cm³/mol. The molecule has 0 heterocycles. The number of benzene rings is 1. The normalized spacial score (nSPS) is 9.53. The van der Waals surface area contributed by atoms with Crippen molar-refractivity contribution in [3.63, 3.8) is 0 Å². The van der Waals surface area contributed by atoms with Gasteiger partial charge in [-0.2, -0.15) is 0 Å². The summed E-state index contributed by atoms with van der Waals surface area (Å²) in [6.45, 7) is 1.71. The molecule has 0 unspecified atom stereocenters. The molecule has 5 nitrogen and oxygen atoms in total. The van der Waals surface area contributed by atoms with Crippen LogP contribution < -0.4 is 16.6 Å². The van der Waals surface area contributed by atoms with Gasteiger partial charge in [-0.1, -0.05) is 6.07 Å². The third kappa shape index (κ3) is 2.75. The van der Waals surface area contributed by atoms with Crippen molar-refractivity contribution in [2.75, 3.05) is 5.32 Å². The highest BCUT2D eigenvalue weighted by Gasteiger charge is 2.13. The lowest BCUT2D eigenvalue weighted by Crippen LogP contribution is -2.39. The Bertz CT molecular complexity index is 406. The van der Waals surface area contributed by atoms with Gasteiger partial charge in [0.2, 0.25) is 0 Å². The summed E-state index contributed by atoms with van der Waals surface area (Å²) in [5, 5.41) is 2.08. The molecule has 1 rings (SSSR count). The quantitative estimate of drug-likeness (QED) is 0.266. The molecular formula is C9H10FN3O2. The average Bonchev–Trinajstić information content (AvgIpc) is 2.20. The minimum absolute atomic E-state index is 0.0609. The number of halogens is 1. The van der Waals surface area contributed by atoms with Crippen molar-refractivity contribution < 1.29 is 14.0 Å². The van der Waals surface area contributed by atoms with Crippen molar-refractivity contribution in [1.29, 1.82) is 0 Å². The van der Waals surface area contributed by atoms with Crippen LogP contribution in [0.4, 0.5) is 10.1 Å².